The summed E-state index contributed by atoms with van der Waals surface area (Å²) in [6, 6.07) is 0. The number of carbonyl (C=O) groups is 1. The number of aryl methyl sites for hydroxylation is 1. The van der Waals surface area contributed by atoms with Crippen LogP contribution in [0.1, 0.15) is 40.3 Å². The molecule has 0 atom stereocenters. The molecule has 8 heteroatoms. The molecule has 130 valence electrons. The molecule has 1 aliphatic carbocycles. The highest BCUT2D eigenvalue weighted by atomic mass is 16.4. The maximum Gasteiger partial charge on any atom is 0.289 e. The van der Waals surface area contributed by atoms with E-state index in [9.17, 15) is 4.79 Å². The predicted molar refractivity (Wildman–Crippen MR) is 92.1 cm³/mol. The summed E-state index contributed by atoms with van der Waals surface area (Å²) in [5, 5.41) is 7.90. The fraction of sp³-hybridized carbons (Fsp3) is 0.562. The molecule has 0 unspecified atom stereocenters. The topological polar surface area (TPSA) is 113 Å². The molecular weight excluding hydrogens is 308 g/mol. The standard InChI is InChI=1S/C16H24N6O2/c1-10-13-11(19-20-16(17)18)4-3-5-12(13)24-14(10)15(23)22-8-6-21(2)7-9-22/h3-9H2,1-2H3,(H4,17,18,20)/b19-11+. The van der Waals surface area contributed by atoms with Gasteiger partial charge in [0, 0.05) is 43.7 Å². The van der Waals surface area contributed by atoms with Crippen LogP contribution in [0, 0.1) is 6.92 Å². The number of hydrogen-bond donors (Lipinski definition) is 2. The average molecular weight is 332 g/mol. The molecule has 1 aliphatic heterocycles. The van der Waals surface area contributed by atoms with Crippen LogP contribution in [0.25, 0.3) is 0 Å². The van der Waals surface area contributed by atoms with Crippen LogP contribution >= 0.6 is 0 Å². The number of amides is 1. The number of nitrogens with zero attached hydrogens (tertiary/aromatic N) is 4. The highest BCUT2D eigenvalue weighted by Gasteiger charge is 2.31. The van der Waals surface area contributed by atoms with Gasteiger partial charge in [-0.3, -0.25) is 4.79 Å². The third kappa shape index (κ3) is 3.14. The minimum absolute atomic E-state index is 0.0452. The molecule has 0 bridgehead atoms. The summed E-state index contributed by atoms with van der Waals surface area (Å²) in [5.74, 6) is 1.10. The van der Waals surface area contributed by atoms with E-state index in [1.807, 2.05) is 11.8 Å². The van der Waals surface area contributed by atoms with Crippen molar-refractivity contribution in [2.75, 3.05) is 33.2 Å². The summed E-state index contributed by atoms with van der Waals surface area (Å²) in [4.78, 5) is 16.9. The van der Waals surface area contributed by atoms with Crippen molar-refractivity contribution < 1.29 is 9.21 Å². The third-order valence-corrected chi connectivity index (χ3v) is 4.60. The van der Waals surface area contributed by atoms with Crippen LogP contribution in [-0.2, 0) is 6.42 Å². The zero-order valence-electron chi connectivity index (χ0n) is 14.2. The first-order valence-corrected chi connectivity index (χ1v) is 8.23. The Morgan fingerprint density at radius 1 is 1.17 bits per heavy atom. The molecule has 1 fully saturated rings. The van der Waals surface area contributed by atoms with Crippen LogP contribution in [0.15, 0.2) is 14.6 Å². The molecule has 2 heterocycles. The molecule has 24 heavy (non-hydrogen) atoms. The molecule has 1 aromatic rings. The van der Waals surface area contributed by atoms with E-state index in [1.54, 1.807) is 0 Å². The second kappa shape index (κ2) is 6.64. The number of likely N-dealkylation sites (N-methyl/N-ethyl adjacent to an activating group) is 1. The average Bonchev–Trinajstić information content (AvgIpc) is 2.90. The number of guanidine groups is 1. The quantitative estimate of drug-likeness (QED) is 0.459. The SMILES string of the molecule is Cc1c(C(=O)N2CCN(C)CC2)oc2c1/C(=N/N=C(N)N)CCC2. The Hall–Kier alpha value is -2.35. The Kier molecular flexibility index (Phi) is 4.57. The lowest BCUT2D eigenvalue weighted by Crippen LogP contribution is -2.47. The molecule has 0 radical (unpaired) electrons. The van der Waals surface area contributed by atoms with Crippen molar-refractivity contribution >= 4 is 17.6 Å². The summed E-state index contributed by atoms with van der Waals surface area (Å²) in [6.07, 6.45) is 2.47. The maximum absolute atomic E-state index is 12.8. The van der Waals surface area contributed by atoms with E-state index in [2.05, 4.69) is 22.2 Å². The first kappa shape index (κ1) is 16.5. The van der Waals surface area contributed by atoms with Gasteiger partial charge in [0.1, 0.15) is 5.76 Å². The number of hydrogen-bond acceptors (Lipinski definition) is 5. The van der Waals surface area contributed by atoms with Gasteiger partial charge in [-0.1, -0.05) is 0 Å². The van der Waals surface area contributed by atoms with Crippen molar-refractivity contribution in [2.45, 2.75) is 26.2 Å². The number of carbonyl (C=O) groups excluding carboxylic acids is 1. The van der Waals surface area contributed by atoms with Gasteiger partial charge in [0.25, 0.3) is 5.91 Å². The Bertz CT molecular complexity index is 694. The van der Waals surface area contributed by atoms with Gasteiger partial charge in [0.15, 0.2) is 5.76 Å². The van der Waals surface area contributed by atoms with Crippen LogP contribution in [0.2, 0.25) is 0 Å². The molecule has 2 aliphatic rings. The number of piperazine rings is 1. The number of furan rings is 1. The maximum atomic E-state index is 12.8. The molecule has 0 saturated carbocycles. The predicted octanol–water partition coefficient (Wildman–Crippen LogP) is 0.289. The van der Waals surface area contributed by atoms with Crippen molar-refractivity contribution in [1.29, 1.82) is 0 Å². The van der Waals surface area contributed by atoms with Gasteiger partial charge in [-0.2, -0.15) is 5.10 Å². The third-order valence-electron chi connectivity index (χ3n) is 4.60. The second-order valence-corrected chi connectivity index (χ2v) is 6.37. The molecule has 1 amide bonds. The minimum Gasteiger partial charge on any atom is -0.455 e. The summed E-state index contributed by atoms with van der Waals surface area (Å²) < 4.78 is 5.92. The van der Waals surface area contributed by atoms with Crippen molar-refractivity contribution in [2.24, 2.45) is 21.7 Å². The fourth-order valence-corrected chi connectivity index (χ4v) is 3.24. The lowest BCUT2D eigenvalue weighted by Gasteiger charge is -2.31. The largest absolute Gasteiger partial charge is 0.455 e. The lowest BCUT2D eigenvalue weighted by molar-refractivity contribution is 0.0629. The molecule has 4 N–H and O–H groups in total. The van der Waals surface area contributed by atoms with Crippen LogP contribution in [0.3, 0.4) is 0 Å². The van der Waals surface area contributed by atoms with E-state index in [4.69, 9.17) is 15.9 Å². The van der Waals surface area contributed by atoms with Crippen molar-refractivity contribution in [3.05, 3.63) is 22.6 Å². The monoisotopic (exact) mass is 332 g/mol. The van der Waals surface area contributed by atoms with Gasteiger partial charge in [0.05, 0.1) is 5.71 Å². The van der Waals surface area contributed by atoms with Crippen LogP contribution in [0.5, 0.6) is 0 Å². The molecule has 1 saturated heterocycles. The molecule has 0 aromatic carbocycles. The highest BCUT2D eigenvalue weighted by molar-refractivity contribution is 6.06. The molecule has 3 rings (SSSR count). The summed E-state index contributed by atoms with van der Waals surface area (Å²) >= 11 is 0. The molecule has 0 spiro atoms. The van der Waals surface area contributed by atoms with Crippen LogP contribution < -0.4 is 11.5 Å². The summed E-state index contributed by atoms with van der Waals surface area (Å²) in [6.45, 7) is 5.09. The normalized spacial score (nSPS) is 20.1. The van der Waals surface area contributed by atoms with E-state index in [1.165, 1.54) is 0 Å². The molecule has 8 nitrogen and oxygen atoms in total. The Labute approximate surface area is 141 Å². The van der Waals surface area contributed by atoms with Crippen LogP contribution in [-0.4, -0.2) is 60.6 Å². The zero-order valence-corrected chi connectivity index (χ0v) is 14.2. The zero-order chi connectivity index (χ0) is 17.3. The summed E-state index contributed by atoms with van der Waals surface area (Å²) in [7, 11) is 2.06. The number of nitrogens with two attached hydrogens (primary N) is 2. The van der Waals surface area contributed by atoms with E-state index in [0.29, 0.717) is 5.76 Å². The van der Waals surface area contributed by atoms with Crippen molar-refractivity contribution in [3.8, 4) is 0 Å². The molecule has 1 aromatic heterocycles. The van der Waals surface area contributed by atoms with Gasteiger partial charge >= 0.3 is 0 Å². The van der Waals surface area contributed by atoms with E-state index in [-0.39, 0.29) is 11.9 Å². The number of rotatable bonds is 2. The minimum atomic E-state index is -0.0792. The van der Waals surface area contributed by atoms with Crippen LogP contribution in [0.4, 0.5) is 0 Å². The smallest absolute Gasteiger partial charge is 0.289 e. The number of fused-ring (bicyclic) bond motifs is 1. The van der Waals surface area contributed by atoms with Gasteiger partial charge in [0.2, 0.25) is 5.96 Å². The Balaban J connectivity index is 1.91. The van der Waals surface area contributed by atoms with E-state index < -0.39 is 0 Å². The van der Waals surface area contributed by atoms with Crippen molar-refractivity contribution in [3.63, 3.8) is 0 Å². The van der Waals surface area contributed by atoms with Gasteiger partial charge in [-0.15, -0.1) is 5.10 Å². The fourth-order valence-electron chi connectivity index (χ4n) is 3.24. The van der Waals surface area contributed by atoms with Gasteiger partial charge < -0.3 is 25.7 Å². The van der Waals surface area contributed by atoms with E-state index >= 15 is 0 Å². The molecular formula is C16H24N6O2. The first-order valence-electron chi connectivity index (χ1n) is 8.23. The van der Waals surface area contributed by atoms with Crippen molar-refractivity contribution in [1.82, 2.24) is 9.80 Å². The van der Waals surface area contributed by atoms with Gasteiger partial charge in [-0.05, 0) is 26.8 Å². The van der Waals surface area contributed by atoms with E-state index in [0.717, 1.165) is 68.0 Å². The lowest BCUT2D eigenvalue weighted by atomic mass is 9.93. The Morgan fingerprint density at radius 2 is 1.88 bits per heavy atom. The van der Waals surface area contributed by atoms with Gasteiger partial charge in [-0.25, -0.2) is 0 Å². The Morgan fingerprint density at radius 3 is 2.54 bits per heavy atom. The summed E-state index contributed by atoms with van der Waals surface area (Å²) in [5.41, 5.74) is 13.2. The first-order chi connectivity index (χ1) is 11.5. The second-order valence-electron chi connectivity index (χ2n) is 6.37. The highest BCUT2D eigenvalue weighted by Crippen LogP contribution is 2.30.